The van der Waals surface area contributed by atoms with Crippen LogP contribution in [-0.4, -0.2) is 34.1 Å². The monoisotopic (exact) mass is 196 g/mol. The van der Waals surface area contributed by atoms with Crippen LogP contribution < -0.4 is 0 Å². The molecule has 3 heteroatoms. The van der Waals surface area contributed by atoms with E-state index in [1.54, 1.807) is 0 Å². The molecule has 13 heavy (non-hydrogen) atoms. The zero-order valence-electron chi connectivity index (χ0n) is 10.3. The molecule has 0 saturated heterocycles. The number of hydrogen-bond acceptors (Lipinski definition) is 1. The van der Waals surface area contributed by atoms with E-state index in [1.165, 1.54) is 32.1 Å². The number of carboxylic acids is 1. The SMILES string of the molecule is O=C(O)CCCC1CCCCC1.[H-].[H-].[Mg+2]. The van der Waals surface area contributed by atoms with Gasteiger partial charge in [0.25, 0.3) is 0 Å². The predicted molar refractivity (Wildman–Crippen MR) is 56.0 cm³/mol. The molecule has 0 aromatic rings. The van der Waals surface area contributed by atoms with E-state index >= 15 is 0 Å². The van der Waals surface area contributed by atoms with Crippen LogP contribution in [-0.2, 0) is 4.79 Å². The Bertz CT molecular complexity index is 150. The Labute approximate surface area is 99.2 Å². The maximum Gasteiger partial charge on any atom is 2.00 e. The number of hydrogen-bond donors (Lipinski definition) is 1. The maximum absolute atomic E-state index is 10.2. The minimum Gasteiger partial charge on any atom is -1.00 e. The summed E-state index contributed by atoms with van der Waals surface area (Å²) >= 11 is 0. The summed E-state index contributed by atoms with van der Waals surface area (Å²) in [7, 11) is 0. The van der Waals surface area contributed by atoms with Crippen molar-refractivity contribution in [1.82, 2.24) is 0 Å². The van der Waals surface area contributed by atoms with Gasteiger partial charge >= 0.3 is 29.0 Å². The van der Waals surface area contributed by atoms with E-state index in [4.69, 9.17) is 5.11 Å². The van der Waals surface area contributed by atoms with E-state index in [0.29, 0.717) is 6.42 Å². The van der Waals surface area contributed by atoms with Gasteiger partial charge in [-0.05, 0) is 18.8 Å². The third kappa shape index (κ3) is 6.33. The van der Waals surface area contributed by atoms with Crippen LogP contribution in [0.3, 0.4) is 0 Å². The van der Waals surface area contributed by atoms with Gasteiger partial charge in [-0.3, -0.25) is 4.79 Å². The average Bonchev–Trinajstić information content (AvgIpc) is 2.05. The Morgan fingerprint density at radius 2 is 1.92 bits per heavy atom. The summed E-state index contributed by atoms with van der Waals surface area (Å²) in [6.07, 6.45) is 9.13. The van der Waals surface area contributed by atoms with Gasteiger partial charge < -0.3 is 7.96 Å². The smallest absolute Gasteiger partial charge is 1.00 e. The zero-order chi connectivity index (χ0) is 8.81. The Morgan fingerprint density at radius 3 is 2.46 bits per heavy atom. The van der Waals surface area contributed by atoms with Gasteiger partial charge in [0.05, 0.1) is 0 Å². The van der Waals surface area contributed by atoms with Crippen LogP contribution in [0.2, 0.25) is 0 Å². The fourth-order valence-electron chi connectivity index (χ4n) is 2.02. The van der Waals surface area contributed by atoms with E-state index in [2.05, 4.69) is 0 Å². The Hall–Kier alpha value is 0.236. The van der Waals surface area contributed by atoms with Gasteiger partial charge in [0.15, 0.2) is 0 Å². The summed E-state index contributed by atoms with van der Waals surface area (Å²) in [5.41, 5.74) is 0. The molecule has 0 aromatic carbocycles. The third-order valence-electron chi connectivity index (χ3n) is 2.73. The number of carboxylic acid groups (broad SMARTS) is 1. The van der Waals surface area contributed by atoms with E-state index in [1.807, 2.05) is 0 Å². The van der Waals surface area contributed by atoms with E-state index in [0.717, 1.165) is 18.8 Å². The molecule has 1 fully saturated rings. The molecule has 0 aliphatic heterocycles. The molecule has 0 spiro atoms. The molecule has 0 atom stereocenters. The standard InChI is InChI=1S/C10H18O2.Mg.2H/c11-10(12)8-4-7-9-5-2-1-3-6-9;;;/h9H,1-8H2,(H,11,12);;;/q;+2;2*-1. The summed E-state index contributed by atoms with van der Waals surface area (Å²) in [6, 6.07) is 0. The quantitative estimate of drug-likeness (QED) is 0.702. The first-order valence-electron chi connectivity index (χ1n) is 5.01. The van der Waals surface area contributed by atoms with Crippen LogP contribution in [0, 0.1) is 5.92 Å². The second-order valence-corrected chi connectivity index (χ2v) is 3.79. The van der Waals surface area contributed by atoms with Crippen molar-refractivity contribution in [3.8, 4) is 0 Å². The van der Waals surface area contributed by atoms with Gasteiger partial charge in [-0.15, -0.1) is 0 Å². The van der Waals surface area contributed by atoms with Gasteiger partial charge in [-0.2, -0.15) is 0 Å². The Kier molecular flexibility index (Phi) is 7.76. The summed E-state index contributed by atoms with van der Waals surface area (Å²) in [4.78, 5) is 10.2. The zero-order valence-corrected chi connectivity index (χ0v) is 9.71. The molecule has 2 nitrogen and oxygen atoms in total. The summed E-state index contributed by atoms with van der Waals surface area (Å²) in [6.45, 7) is 0. The molecule has 1 aliphatic rings. The minimum absolute atomic E-state index is 0. The molecule has 0 radical (unpaired) electrons. The van der Waals surface area contributed by atoms with Crippen LogP contribution in [0.15, 0.2) is 0 Å². The minimum atomic E-state index is -0.647. The molecular weight excluding hydrogens is 176 g/mol. The second-order valence-electron chi connectivity index (χ2n) is 3.79. The van der Waals surface area contributed by atoms with Gasteiger partial charge in [0, 0.05) is 6.42 Å². The van der Waals surface area contributed by atoms with Crippen LogP contribution >= 0.6 is 0 Å². The van der Waals surface area contributed by atoms with Crippen LogP contribution in [0.1, 0.15) is 54.2 Å². The van der Waals surface area contributed by atoms with Crippen molar-refractivity contribution in [3.63, 3.8) is 0 Å². The number of aliphatic carboxylic acids is 1. The Balaban J connectivity index is -0.000000480. The first-order valence-corrected chi connectivity index (χ1v) is 5.01. The molecular formula is C10H20MgO2. The van der Waals surface area contributed by atoms with Crippen molar-refractivity contribution in [2.45, 2.75) is 51.4 Å². The van der Waals surface area contributed by atoms with Crippen molar-refractivity contribution < 1.29 is 12.8 Å². The summed E-state index contributed by atoms with van der Waals surface area (Å²) in [5, 5.41) is 8.44. The molecule has 0 bridgehead atoms. The van der Waals surface area contributed by atoms with Crippen LogP contribution in [0.4, 0.5) is 0 Å². The van der Waals surface area contributed by atoms with E-state index in [9.17, 15) is 4.79 Å². The van der Waals surface area contributed by atoms with Crippen molar-refractivity contribution in [1.29, 1.82) is 0 Å². The normalized spacial score (nSPS) is 17.8. The van der Waals surface area contributed by atoms with Crippen LogP contribution in [0.25, 0.3) is 0 Å². The van der Waals surface area contributed by atoms with Crippen molar-refractivity contribution in [3.05, 3.63) is 0 Å². The molecule has 0 aromatic heterocycles. The molecule has 1 aliphatic carbocycles. The molecule has 74 valence electrons. The summed E-state index contributed by atoms with van der Waals surface area (Å²) < 4.78 is 0. The topological polar surface area (TPSA) is 37.3 Å². The largest absolute Gasteiger partial charge is 2.00 e. The molecule has 0 heterocycles. The molecule has 1 N–H and O–H groups in total. The van der Waals surface area contributed by atoms with Crippen LogP contribution in [0.5, 0.6) is 0 Å². The number of rotatable bonds is 4. The molecule has 0 unspecified atom stereocenters. The van der Waals surface area contributed by atoms with Gasteiger partial charge in [-0.1, -0.05) is 32.1 Å². The van der Waals surface area contributed by atoms with Gasteiger partial charge in [-0.25, -0.2) is 0 Å². The molecule has 0 amide bonds. The molecule has 1 rings (SSSR count). The van der Waals surface area contributed by atoms with E-state index in [-0.39, 0.29) is 25.9 Å². The molecule has 1 saturated carbocycles. The fraction of sp³-hybridized carbons (Fsp3) is 0.900. The van der Waals surface area contributed by atoms with Crippen molar-refractivity contribution >= 4 is 29.0 Å². The summed E-state index contributed by atoms with van der Waals surface area (Å²) in [5.74, 6) is 0.184. The third-order valence-corrected chi connectivity index (χ3v) is 2.73. The van der Waals surface area contributed by atoms with Gasteiger partial charge in [0.2, 0.25) is 0 Å². The maximum atomic E-state index is 10.2. The predicted octanol–water partition coefficient (Wildman–Crippen LogP) is 2.67. The second kappa shape index (κ2) is 7.62. The first-order chi connectivity index (χ1) is 5.79. The van der Waals surface area contributed by atoms with E-state index < -0.39 is 5.97 Å². The van der Waals surface area contributed by atoms with Crippen molar-refractivity contribution in [2.75, 3.05) is 0 Å². The van der Waals surface area contributed by atoms with Crippen molar-refractivity contribution in [2.24, 2.45) is 5.92 Å². The first kappa shape index (κ1) is 13.2. The fourth-order valence-corrected chi connectivity index (χ4v) is 2.02. The van der Waals surface area contributed by atoms with Gasteiger partial charge in [0.1, 0.15) is 0 Å². The Morgan fingerprint density at radius 1 is 1.31 bits per heavy atom. The average molecular weight is 197 g/mol. The number of carbonyl (C=O) groups is 1.